The molecule has 37 heavy (non-hydrogen) atoms. The van der Waals surface area contributed by atoms with Crippen LogP contribution in [0.1, 0.15) is 12.8 Å². The molecular weight excluding hydrogens is 577 g/mol. The molecule has 0 amide bonds. The van der Waals surface area contributed by atoms with Crippen molar-refractivity contribution >= 4 is 58.3 Å². The number of aliphatic hydroxyl groups is 2. The second-order valence-corrected chi connectivity index (χ2v) is 35.1. The van der Waals surface area contributed by atoms with Crippen molar-refractivity contribution in [3.63, 3.8) is 0 Å². The molecule has 2 unspecified atom stereocenters. The molecule has 0 spiro atoms. The molecule has 0 aromatic rings. The maximum atomic E-state index is 13.6. The largest absolute Gasteiger partial charge is 0.543 e. The summed E-state index contributed by atoms with van der Waals surface area (Å²) in [6, 6.07) is 0.986. The van der Waals surface area contributed by atoms with Crippen LogP contribution in [0.3, 0.4) is 0 Å². The SMILES string of the molecule is C[Si](C)(C)OC(O[Si](C)(O[Si](C)(C)C)O[Si](C)(C)C)=C(O[Si](C)(C)C)C(=O)OC(CCC[SiH3])C(O)CO. The number of rotatable bonds is 17. The van der Waals surface area contributed by atoms with Crippen LogP contribution in [0, 0.1) is 0 Å². The highest BCUT2D eigenvalue weighted by Crippen LogP contribution is 2.30. The Hall–Kier alpha value is -0.249. The molecule has 0 aliphatic heterocycles. The Bertz CT molecular complexity index is 736. The normalized spacial score (nSPS) is 16.1. The standard InChI is InChI=1S/C22H54O9Si6/c1-33(2,3)27-20(21(25)26-19(15-14-16-32)18(24)17-23)22(28-34(4,5)6)29-37(13,30-35(7,8)9)31-36(10,11)12/h18-19,23-24H,14-17H2,1-13,32H3. The van der Waals surface area contributed by atoms with E-state index in [2.05, 4.69) is 39.3 Å². The van der Waals surface area contributed by atoms with Crippen LogP contribution in [0.5, 0.6) is 0 Å². The van der Waals surface area contributed by atoms with E-state index in [1.54, 1.807) is 0 Å². The van der Waals surface area contributed by atoms with Crippen molar-refractivity contribution in [3.05, 3.63) is 11.7 Å². The summed E-state index contributed by atoms with van der Waals surface area (Å²) in [5.41, 5.74) is 0. The lowest BCUT2D eigenvalue weighted by Gasteiger charge is -2.38. The minimum atomic E-state index is -3.35. The Balaban J connectivity index is 6.85. The zero-order valence-electron chi connectivity index (χ0n) is 25.7. The second kappa shape index (κ2) is 14.4. The molecule has 0 aliphatic carbocycles. The molecule has 0 rings (SSSR count). The van der Waals surface area contributed by atoms with Gasteiger partial charge in [-0.25, -0.2) is 4.79 Å². The average Bonchev–Trinajstić information content (AvgIpc) is 2.62. The van der Waals surface area contributed by atoms with Gasteiger partial charge in [0.15, 0.2) is 16.6 Å². The monoisotopic (exact) mass is 630 g/mol. The van der Waals surface area contributed by atoms with Gasteiger partial charge in [0.25, 0.3) is 5.76 Å². The van der Waals surface area contributed by atoms with Crippen LogP contribution in [0.4, 0.5) is 0 Å². The number of esters is 1. The van der Waals surface area contributed by atoms with Crippen LogP contribution in [-0.2, 0) is 31.0 Å². The maximum absolute atomic E-state index is 13.6. The Kier molecular flexibility index (Phi) is 14.3. The third-order valence-corrected chi connectivity index (χ3v) is 14.9. The zero-order chi connectivity index (χ0) is 29.5. The van der Waals surface area contributed by atoms with Gasteiger partial charge in [-0.05, 0) is 85.0 Å². The molecule has 2 atom stereocenters. The minimum Gasteiger partial charge on any atom is -0.535 e. The maximum Gasteiger partial charge on any atom is 0.543 e. The fraction of sp³-hybridized carbons (Fsp3) is 0.864. The summed E-state index contributed by atoms with van der Waals surface area (Å²) in [7, 11) is -11.3. The van der Waals surface area contributed by atoms with Gasteiger partial charge in [0, 0.05) is 16.8 Å². The first-order chi connectivity index (χ1) is 16.4. The van der Waals surface area contributed by atoms with Gasteiger partial charge in [-0.1, -0.05) is 12.5 Å². The van der Waals surface area contributed by atoms with E-state index < -0.39 is 66.9 Å². The molecule has 0 saturated heterocycles. The summed E-state index contributed by atoms with van der Waals surface area (Å²) in [5.74, 6) is -1.03. The lowest BCUT2D eigenvalue weighted by atomic mass is 10.1. The zero-order valence-corrected chi connectivity index (χ0v) is 32.7. The van der Waals surface area contributed by atoms with Crippen LogP contribution >= 0.6 is 0 Å². The highest BCUT2D eigenvalue weighted by Gasteiger charge is 2.48. The molecule has 15 heteroatoms. The van der Waals surface area contributed by atoms with Crippen LogP contribution in [0.25, 0.3) is 0 Å². The molecule has 0 aliphatic rings. The van der Waals surface area contributed by atoms with Crippen molar-refractivity contribution in [1.82, 2.24) is 0 Å². The molecule has 0 fully saturated rings. The molecule has 0 heterocycles. The van der Waals surface area contributed by atoms with E-state index in [0.29, 0.717) is 6.42 Å². The lowest BCUT2D eigenvalue weighted by molar-refractivity contribution is -0.155. The Morgan fingerprint density at radius 1 is 0.757 bits per heavy atom. The topological polar surface area (TPSA) is 113 Å². The van der Waals surface area contributed by atoms with Gasteiger partial charge in [0.05, 0.1) is 6.61 Å². The molecule has 0 aromatic carbocycles. The van der Waals surface area contributed by atoms with E-state index in [1.165, 1.54) is 0 Å². The van der Waals surface area contributed by atoms with Crippen molar-refractivity contribution in [2.45, 2.75) is 116 Å². The van der Waals surface area contributed by atoms with E-state index >= 15 is 0 Å². The number of hydrogen-bond donors (Lipinski definition) is 2. The molecule has 2 N–H and O–H groups in total. The molecule has 0 aromatic heterocycles. The van der Waals surface area contributed by atoms with Crippen molar-refractivity contribution in [2.75, 3.05) is 6.61 Å². The summed E-state index contributed by atoms with van der Waals surface area (Å²) in [6.07, 6.45) is -0.854. The first-order valence-electron chi connectivity index (χ1n) is 13.1. The van der Waals surface area contributed by atoms with Gasteiger partial charge in [-0.15, -0.1) is 0 Å². The molecule has 9 nitrogen and oxygen atoms in total. The number of carbonyl (C=O) groups excluding carboxylic acids is 1. The smallest absolute Gasteiger partial charge is 0.535 e. The van der Waals surface area contributed by atoms with Gasteiger partial charge < -0.3 is 36.5 Å². The highest BCUT2D eigenvalue weighted by atomic mass is 28.5. The van der Waals surface area contributed by atoms with Gasteiger partial charge in [-0.2, -0.15) is 0 Å². The number of hydrogen-bond acceptors (Lipinski definition) is 9. The number of carbonyl (C=O) groups is 1. The third kappa shape index (κ3) is 17.1. The van der Waals surface area contributed by atoms with Crippen molar-refractivity contribution in [2.24, 2.45) is 0 Å². The fourth-order valence-corrected chi connectivity index (χ4v) is 15.5. The van der Waals surface area contributed by atoms with Gasteiger partial charge in [0.1, 0.15) is 12.2 Å². The van der Waals surface area contributed by atoms with Crippen LogP contribution < -0.4 is 0 Å². The summed E-state index contributed by atoms with van der Waals surface area (Å²) >= 11 is 0. The molecule has 0 radical (unpaired) electrons. The molecule has 0 saturated carbocycles. The third-order valence-electron chi connectivity index (χ3n) is 4.16. The first-order valence-corrected chi connectivity index (χ1v) is 30.4. The Morgan fingerprint density at radius 3 is 1.57 bits per heavy atom. The Morgan fingerprint density at radius 2 is 1.22 bits per heavy atom. The predicted octanol–water partition coefficient (Wildman–Crippen LogP) is 3.98. The van der Waals surface area contributed by atoms with E-state index in [9.17, 15) is 15.0 Å². The summed E-state index contributed by atoms with van der Waals surface area (Å²) in [6.45, 7) is 25.5. The fourth-order valence-electron chi connectivity index (χ4n) is 3.25. The predicted molar refractivity (Wildman–Crippen MR) is 164 cm³/mol. The Labute approximate surface area is 233 Å². The van der Waals surface area contributed by atoms with Crippen molar-refractivity contribution in [1.29, 1.82) is 0 Å². The lowest BCUT2D eigenvalue weighted by Crippen LogP contribution is -2.55. The van der Waals surface area contributed by atoms with E-state index in [4.69, 9.17) is 26.2 Å². The van der Waals surface area contributed by atoms with Crippen molar-refractivity contribution in [3.8, 4) is 0 Å². The van der Waals surface area contributed by atoms with Gasteiger partial charge in [0.2, 0.25) is 16.6 Å². The van der Waals surface area contributed by atoms with Gasteiger partial charge in [-0.3, -0.25) is 0 Å². The first kappa shape index (κ1) is 36.8. The van der Waals surface area contributed by atoms with Crippen LogP contribution in [-0.4, -0.2) is 87.3 Å². The van der Waals surface area contributed by atoms with E-state index in [1.807, 2.05) is 45.8 Å². The second-order valence-electron chi connectivity index (χ2n) is 13.3. The molecule has 220 valence electrons. The van der Waals surface area contributed by atoms with Crippen LogP contribution in [0.15, 0.2) is 11.7 Å². The minimum absolute atomic E-state index is 0.0719. The van der Waals surface area contributed by atoms with Crippen LogP contribution in [0.2, 0.25) is 91.2 Å². The quantitative estimate of drug-likeness (QED) is 0.107. The summed E-state index contributed by atoms with van der Waals surface area (Å²) < 4.78 is 37.8. The summed E-state index contributed by atoms with van der Waals surface area (Å²) in [5, 5.41) is 19.9. The summed E-state index contributed by atoms with van der Waals surface area (Å²) in [4.78, 5) is 13.6. The number of ether oxygens (including phenoxy) is 1. The van der Waals surface area contributed by atoms with Crippen molar-refractivity contribution < 1.29 is 41.3 Å². The van der Waals surface area contributed by atoms with E-state index in [-0.39, 0.29) is 11.7 Å². The van der Waals surface area contributed by atoms with Gasteiger partial charge >= 0.3 is 20.7 Å². The van der Waals surface area contributed by atoms with E-state index in [0.717, 1.165) is 22.7 Å². The molecule has 0 bridgehead atoms. The number of aliphatic hydroxyl groups excluding tert-OH is 2. The average molecular weight is 631 g/mol. The highest BCUT2D eigenvalue weighted by molar-refractivity contribution is 6.85. The molecular formula is C22H54O9Si6.